The van der Waals surface area contributed by atoms with Crippen LogP contribution in [0.1, 0.15) is 10.5 Å². The molecular weight excluding hydrogens is 282 g/mol. The molecule has 1 N–H and O–H groups in total. The number of imidazole rings is 1. The summed E-state index contributed by atoms with van der Waals surface area (Å²) in [5.41, 5.74) is 0.553. The van der Waals surface area contributed by atoms with E-state index in [1.807, 2.05) is 0 Å². The van der Waals surface area contributed by atoms with Gasteiger partial charge < -0.3 is 9.67 Å². The van der Waals surface area contributed by atoms with Gasteiger partial charge in [0.1, 0.15) is 6.33 Å². The second-order valence-corrected chi connectivity index (χ2v) is 6.40. The lowest BCUT2D eigenvalue weighted by atomic mass is 10.3. The Hall–Kier alpha value is -2.19. The average molecular weight is 295 g/mol. The topological polar surface area (TPSA) is 92.5 Å². The van der Waals surface area contributed by atoms with E-state index in [4.69, 9.17) is 5.11 Å². The number of carboxylic acids is 1. The van der Waals surface area contributed by atoms with Gasteiger partial charge >= 0.3 is 5.97 Å². The second kappa shape index (κ2) is 5.06. The van der Waals surface area contributed by atoms with E-state index in [0.717, 1.165) is 4.31 Å². The van der Waals surface area contributed by atoms with Crippen LogP contribution in [0.15, 0.2) is 41.7 Å². The Bertz CT molecular complexity index is 732. The predicted octanol–water partition coefficient (Wildman–Crippen LogP) is 0.821. The standard InChI is InChI=1S/C12H13N3O4S/c1-14(2)20(18,19)10-5-3-9(4-6-10)15-7-11(12(16)17)13-8-15/h3-8H,1-2H3,(H,16,17). The maximum absolute atomic E-state index is 11.9. The van der Waals surface area contributed by atoms with Crippen molar-refractivity contribution in [3.8, 4) is 5.69 Å². The van der Waals surface area contributed by atoms with Crippen LogP contribution in [0.4, 0.5) is 0 Å². The van der Waals surface area contributed by atoms with Crippen molar-refractivity contribution in [1.82, 2.24) is 13.9 Å². The Morgan fingerprint density at radius 2 is 1.85 bits per heavy atom. The fourth-order valence-electron chi connectivity index (χ4n) is 1.58. The predicted molar refractivity (Wildman–Crippen MR) is 71.4 cm³/mol. The van der Waals surface area contributed by atoms with Crippen molar-refractivity contribution in [3.05, 3.63) is 42.5 Å². The molecule has 0 bridgehead atoms. The van der Waals surface area contributed by atoms with Gasteiger partial charge in [-0.15, -0.1) is 0 Å². The zero-order chi connectivity index (χ0) is 14.9. The fourth-order valence-corrected chi connectivity index (χ4v) is 2.48. The maximum Gasteiger partial charge on any atom is 0.356 e. The van der Waals surface area contributed by atoms with Crippen molar-refractivity contribution in [2.75, 3.05) is 14.1 Å². The summed E-state index contributed by atoms with van der Waals surface area (Å²) in [4.78, 5) is 14.6. The Balaban J connectivity index is 2.35. The highest BCUT2D eigenvalue weighted by Gasteiger charge is 2.16. The van der Waals surface area contributed by atoms with Crippen LogP contribution >= 0.6 is 0 Å². The van der Waals surface area contributed by atoms with Crippen molar-refractivity contribution in [2.24, 2.45) is 0 Å². The van der Waals surface area contributed by atoms with Gasteiger partial charge in [-0.1, -0.05) is 0 Å². The number of aromatic nitrogens is 2. The summed E-state index contributed by atoms with van der Waals surface area (Å²) < 4.78 is 26.4. The maximum atomic E-state index is 11.9. The van der Waals surface area contributed by atoms with Gasteiger partial charge in [-0.25, -0.2) is 22.5 Å². The van der Waals surface area contributed by atoms with Gasteiger partial charge in [0.25, 0.3) is 0 Å². The third-order valence-electron chi connectivity index (χ3n) is 2.72. The first-order chi connectivity index (χ1) is 9.32. The van der Waals surface area contributed by atoms with Crippen molar-refractivity contribution in [1.29, 1.82) is 0 Å². The van der Waals surface area contributed by atoms with Crippen molar-refractivity contribution >= 4 is 16.0 Å². The minimum atomic E-state index is -3.47. The SMILES string of the molecule is CN(C)S(=O)(=O)c1ccc(-n2cnc(C(=O)O)c2)cc1. The van der Waals surface area contributed by atoms with Crippen LogP contribution in [0.3, 0.4) is 0 Å². The molecule has 0 aliphatic heterocycles. The molecule has 0 fully saturated rings. The summed E-state index contributed by atoms with van der Waals surface area (Å²) in [6, 6.07) is 6.10. The number of rotatable bonds is 4. The highest BCUT2D eigenvalue weighted by atomic mass is 32.2. The molecule has 0 unspecified atom stereocenters. The lowest BCUT2D eigenvalue weighted by Crippen LogP contribution is -2.22. The van der Waals surface area contributed by atoms with E-state index in [0.29, 0.717) is 5.69 Å². The number of sulfonamides is 1. The highest BCUT2D eigenvalue weighted by Crippen LogP contribution is 2.16. The first-order valence-electron chi connectivity index (χ1n) is 5.62. The summed E-state index contributed by atoms with van der Waals surface area (Å²) in [5.74, 6) is -1.12. The van der Waals surface area contributed by atoms with Crippen LogP contribution in [0.25, 0.3) is 5.69 Å². The summed E-state index contributed by atoms with van der Waals surface area (Å²) in [6.45, 7) is 0. The molecule has 0 atom stereocenters. The molecule has 0 saturated carbocycles. The van der Waals surface area contributed by atoms with Gasteiger partial charge in [-0.2, -0.15) is 0 Å². The number of nitrogens with zero attached hydrogens (tertiary/aromatic N) is 3. The second-order valence-electron chi connectivity index (χ2n) is 4.25. The third-order valence-corrected chi connectivity index (χ3v) is 4.54. The summed E-state index contributed by atoms with van der Waals surface area (Å²) in [7, 11) is -0.557. The van der Waals surface area contributed by atoms with Gasteiger partial charge in [0, 0.05) is 26.0 Å². The van der Waals surface area contributed by atoms with Crippen molar-refractivity contribution < 1.29 is 18.3 Å². The minimum Gasteiger partial charge on any atom is -0.476 e. The Morgan fingerprint density at radius 3 is 2.30 bits per heavy atom. The van der Waals surface area contributed by atoms with E-state index in [2.05, 4.69) is 4.98 Å². The molecule has 0 radical (unpaired) electrons. The van der Waals surface area contributed by atoms with E-state index in [-0.39, 0.29) is 10.6 Å². The summed E-state index contributed by atoms with van der Waals surface area (Å²) in [6.07, 6.45) is 2.72. The van der Waals surface area contributed by atoms with Gasteiger partial charge in [0.05, 0.1) is 4.90 Å². The van der Waals surface area contributed by atoms with Crippen LogP contribution in [0, 0.1) is 0 Å². The molecule has 0 aliphatic rings. The van der Waals surface area contributed by atoms with E-state index in [1.165, 1.54) is 43.3 Å². The molecule has 1 heterocycles. The smallest absolute Gasteiger partial charge is 0.356 e. The van der Waals surface area contributed by atoms with Gasteiger partial charge in [-0.05, 0) is 24.3 Å². The number of aromatic carboxylic acids is 1. The largest absolute Gasteiger partial charge is 0.476 e. The Labute approximate surface area is 116 Å². The number of carboxylic acid groups (broad SMARTS) is 1. The number of hydrogen-bond donors (Lipinski definition) is 1. The molecule has 8 heteroatoms. The van der Waals surface area contributed by atoms with Crippen LogP contribution in [0.2, 0.25) is 0 Å². The van der Waals surface area contributed by atoms with Crippen LogP contribution < -0.4 is 0 Å². The molecule has 7 nitrogen and oxygen atoms in total. The molecule has 2 aromatic rings. The molecule has 106 valence electrons. The van der Waals surface area contributed by atoms with Gasteiger partial charge in [-0.3, -0.25) is 0 Å². The summed E-state index contributed by atoms with van der Waals surface area (Å²) in [5, 5.41) is 8.80. The highest BCUT2D eigenvalue weighted by molar-refractivity contribution is 7.89. The molecular formula is C12H13N3O4S. The van der Waals surface area contributed by atoms with Gasteiger partial charge in [0.15, 0.2) is 5.69 Å². The average Bonchev–Trinajstić information content (AvgIpc) is 2.88. The van der Waals surface area contributed by atoms with Crippen LogP contribution in [0.5, 0.6) is 0 Å². The van der Waals surface area contributed by atoms with E-state index >= 15 is 0 Å². The Morgan fingerprint density at radius 1 is 1.25 bits per heavy atom. The molecule has 0 aliphatic carbocycles. The number of hydrogen-bond acceptors (Lipinski definition) is 4. The first-order valence-corrected chi connectivity index (χ1v) is 7.06. The number of benzene rings is 1. The van der Waals surface area contributed by atoms with Crippen LogP contribution in [-0.4, -0.2) is 47.4 Å². The molecule has 1 aromatic carbocycles. The quantitative estimate of drug-likeness (QED) is 0.901. The monoisotopic (exact) mass is 295 g/mol. The molecule has 1 aromatic heterocycles. The van der Waals surface area contributed by atoms with E-state index in [1.54, 1.807) is 12.1 Å². The normalized spacial score (nSPS) is 11.8. The molecule has 0 amide bonds. The van der Waals surface area contributed by atoms with Crippen molar-refractivity contribution in [2.45, 2.75) is 4.90 Å². The van der Waals surface area contributed by atoms with E-state index < -0.39 is 16.0 Å². The Kier molecular flexibility index (Phi) is 3.60. The number of carbonyl (C=O) groups is 1. The lowest BCUT2D eigenvalue weighted by molar-refractivity contribution is 0.0691. The zero-order valence-electron chi connectivity index (χ0n) is 10.9. The van der Waals surface area contributed by atoms with Crippen molar-refractivity contribution in [3.63, 3.8) is 0 Å². The lowest BCUT2D eigenvalue weighted by Gasteiger charge is -2.11. The van der Waals surface area contributed by atoms with Crippen LogP contribution in [-0.2, 0) is 10.0 Å². The first kappa shape index (κ1) is 14.2. The molecule has 0 saturated heterocycles. The van der Waals surface area contributed by atoms with E-state index in [9.17, 15) is 13.2 Å². The zero-order valence-corrected chi connectivity index (χ0v) is 11.7. The molecule has 20 heavy (non-hydrogen) atoms. The minimum absolute atomic E-state index is 0.0741. The molecule has 0 spiro atoms. The molecule has 2 rings (SSSR count). The fraction of sp³-hybridized carbons (Fsp3) is 0.167. The summed E-state index contributed by atoms with van der Waals surface area (Å²) >= 11 is 0. The van der Waals surface area contributed by atoms with Gasteiger partial charge in [0.2, 0.25) is 10.0 Å². The third kappa shape index (κ3) is 2.56.